The van der Waals surface area contributed by atoms with E-state index in [9.17, 15) is 0 Å². The van der Waals surface area contributed by atoms with E-state index in [2.05, 4.69) is 23.0 Å². The van der Waals surface area contributed by atoms with Crippen molar-refractivity contribution in [3.8, 4) is 11.3 Å². The molecule has 0 aliphatic heterocycles. The van der Waals surface area contributed by atoms with Gasteiger partial charge in [-0.05, 0) is 24.1 Å². The predicted molar refractivity (Wildman–Crippen MR) is 68.2 cm³/mol. The number of hydrogen-bond donors (Lipinski definition) is 0. The molecule has 1 aromatic carbocycles. The van der Waals surface area contributed by atoms with Crippen molar-refractivity contribution in [2.75, 3.05) is 0 Å². The summed E-state index contributed by atoms with van der Waals surface area (Å²) in [6.45, 7) is 2.06. The van der Waals surface area contributed by atoms with Crippen molar-refractivity contribution >= 4 is 17.2 Å². The summed E-state index contributed by atoms with van der Waals surface area (Å²) in [5.41, 5.74) is 3.92. The van der Waals surface area contributed by atoms with Crippen molar-refractivity contribution < 1.29 is 0 Å². The van der Waals surface area contributed by atoms with Crippen LogP contribution in [0, 0.1) is 6.92 Å². The van der Waals surface area contributed by atoms with E-state index in [0.29, 0.717) is 5.28 Å². The molecule has 0 radical (unpaired) electrons. The molecule has 17 heavy (non-hydrogen) atoms. The Morgan fingerprint density at radius 3 is 2.88 bits per heavy atom. The molecule has 0 bridgehead atoms. The van der Waals surface area contributed by atoms with Crippen LogP contribution in [0.25, 0.3) is 16.9 Å². The maximum absolute atomic E-state index is 6.12. The van der Waals surface area contributed by atoms with Crippen molar-refractivity contribution in [3.63, 3.8) is 0 Å². The van der Waals surface area contributed by atoms with Crippen LogP contribution in [0.1, 0.15) is 5.56 Å². The van der Waals surface area contributed by atoms with Gasteiger partial charge in [-0.25, -0.2) is 9.97 Å². The Kier molecular flexibility index (Phi) is 2.34. The lowest BCUT2D eigenvalue weighted by Crippen LogP contribution is -1.94. The summed E-state index contributed by atoms with van der Waals surface area (Å²) >= 11 is 6.12. The first-order valence-corrected chi connectivity index (χ1v) is 5.69. The molecule has 4 heteroatoms. The van der Waals surface area contributed by atoms with E-state index in [4.69, 9.17) is 11.6 Å². The minimum absolute atomic E-state index is 0.429. The van der Waals surface area contributed by atoms with E-state index in [0.717, 1.165) is 16.9 Å². The van der Waals surface area contributed by atoms with E-state index in [-0.39, 0.29) is 0 Å². The molecule has 0 saturated heterocycles. The number of aryl methyl sites for hydroxylation is 1. The highest BCUT2D eigenvalue weighted by Gasteiger charge is 2.07. The van der Waals surface area contributed by atoms with Crippen LogP contribution < -0.4 is 0 Å². The zero-order valence-electron chi connectivity index (χ0n) is 9.26. The Labute approximate surface area is 104 Å². The van der Waals surface area contributed by atoms with Crippen molar-refractivity contribution in [1.82, 2.24) is 14.4 Å². The van der Waals surface area contributed by atoms with Crippen LogP contribution in [0.4, 0.5) is 0 Å². The summed E-state index contributed by atoms with van der Waals surface area (Å²) < 4.78 is 1.75. The highest BCUT2D eigenvalue weighted by molar-refractivity contribution is 6.28. The number of rotatable bonds is 1. The van der Waals surface area contributed by atoms with Gasteiger partial charge in [0.2, 0.25) is 5.28 Å². The molecular formula is C13H10ClN3. The minimum atomic E-state index is 0.429. The molecule has 0 aliphatic carbocycles. The molecule has 0 amide bonds. The summed E-state index contributed by atoms with van der Waals surface area (Å²) in [7, 11) is 0. The second-order valence-electron chi connectivity index (χ2n) is 3.88. The van der Waals surface area contributed by atoms with Gasteiger partial charge >= 0.3 is 0 Å². The molecule has 0 N–H and O–H groups in total. The zero-order valence-corrected chi connectivity index (χ0v) is 10.0. The van der Waals surface area contributed by atoms with Crippen LogP contribution in [-0.2, 0) is 0 Å². The molecular weight excluding hydrogens is 234 g/mol. The average molecular weight is 244 g/mol. The lowest BCUT2D eigenvalue weighted by molar-refractivity contribution is 1.09. The van der Waals surface area contributed by atoms with E-state index >= 15 is 0 Å². The van der Waals surface area contributed by atoms with E-state index in [1.54, 1.807) is 16.8 Å². The number of hydrogen-bond acceptors (Lipinski definition) is 2. The van der Waals surface area contributed by atoms with Gasteiger partial charge in [-0.3, -0.25) is 4.40 Å². The van der Waals surface area contributed by atoms with Crippen LogP contribution in [0.15, 0.2) is 42.7 Å². The van der Waals surface area contributed by atoms with Crippen LogP contribution in [-0.4, -0.2) is 14.4 Å². The molecule has 2 aromatic heterocycles. The van der Waals surface area contributed by atoms with Gasteiger partial charge in [-0.1, -0.05) is 24.3 Å². The fraction of sp³-hybridized carbons (Fsp3) is 0.0769. The summed E-state index contributed by atoms with van der Waals surface area (Å²) in [4.78, 5) is 8.63. The summed E-state index contributed by atoms with van der Waals surface area (Å²) in [6.07, 6.45) is 3.51. The Morgan fingerprint density at radius 1 is 1.24 bits per heavy atom. The first-order valence-electron chi connectivity index (χ1n) is 5.31. The minimum Gasteiger partial charge on any atom is -0.274 e. The molecule has 3 aromatic rings. The van der Waals surface area contributed by atoms with Gasteiger partial charge in [0.25, 0.3) is 0 Å². The number of fused-ring (bicyclic) bond motifs is 1. The third-order valence-corrected chi connectivity index (χ3v) is 3.03. The first-order chi connectivity index (χ1) is 8.25. The van der Waals surface area contributed by atoms with E-state index in [1.807, 2.05) is 24.3 Å². The standard InChI is InChI=1S/C13H10ClN3/c1-9-4-2-3-5-10(9)11-8-12-15-6-7-17(12)13(14)16-11/h2-8H,1H3. The van der Waals surface area contributed by atoms with Gasteiger partial charge in [0.05, 0.1) is 5.69 Å². The van der Waals surface area contributed by atoms with Gasteiger partial charge in [0.1, 0.15) is 5.65 Å². The maximum atomic E-state index is 6.12. The van der Waals surface area contributed by atoms with Crippen molar-refractivity contribution in [2.45, 2.75) is 6.92 Å². The fourth-order valence-electron chi connectivity index (χ4n) is 1.88. The number of nitrogens with zero attached hydrogens (tertiary/aromatic N) is 3. The predicted octanol–water partition coefficient (Wildman–Crippen LogP) is 3.36. The van der Waals surface area contributed by atoms with Crippen LogP contribution in [0.3, 0.4) is 0 Å². The Bertz CT molecular complexity index is 688. The number of imidazole rings is 1. The normalized spacial score (nSPS) is 10.9. The van der Waals surface area contributed by atoms with E-state index in [1.165, 1.54) is 5.56 Å². The average Bonchev–Trinajstić information content (AvgIpc) is 2.78. The number of aromatic nitrogens is 3. The first kappa shape index (κ1) is 10.3. The summed E-state index contributed by atoms with van der Waals surface area (Å²) in [6, 6.07) is 10.0. The lowest BCUT2D eigenvalue weighted by atomic mass is 10.1. The van der Waals surface area contributed by atoms with Crippen LogP contribution in [0.5, 0.6) is 0 Å². The Hall–Kier alpha value is -1.87. The fourth-order valence-corrected chi connectivity index (χ4v) is 2.12. The third-order valence-electron chi connectivity index (χ3n) is 2.77. The molecule has 3 rings (SSSR count). The number of benzene rings is 1. The highest BCUT2D eigenvalue weighted by atomic mass is 35.5. The summed E-state index contributed by atoms with van der Waals surface area (Å²) in [5.74, 6) is 0. The monoisotopic (exact) mass is 243 g/mol. The van der Waals surface area contributed by atoms with Crippen LogP contribution in [0.2, 0.25) is 5.28 Å². The summed E-state index contributed by atoms with van der Waals surface area (Å²) in [5, 5.41) is 0.429. The van der Waals surface area contributed by atoms with Gasteiger partial charge in [0.15, 0.2) is 0 Å². The van der Waals surface area contributed by atoms with Crippen molar-refractivity contribution in [2.24, 2.45) is 0 Å². The molecule has 2 heterocycles. The smallest absolute Gasteiger partial charge is 0.209 e. The van der Waals surface area contributed by atoms with Gasteiger partial charge < -0.3 is 0 Å². The van der Waals surface area contributed by atoms with Crippen molar-refractivity contribution in [3.05, 3.63) is 53.6 Å². The van der Waals surface area contributed by atoms with Gasteiger partial charge in [0, 0.05) is 24.0 Å². The molecule has 0 spiro atoms. The quantitative estimate of drug-likeness (QED) is 0.614. The zero-order chi connectivity index (χ0) is 11.8. The molecule has 0 atom stereocenters. The second-order valence-corrected chi connectivity index (χ2v) is 4.22. The largest absolute Gasteiger partial charge is 0.274 e. The molecule has 0 aliphatic rings. The third kappa shape index (κ3) is 1.68. The van der Waals surface area contributed by atoms with E-state index < -0.39 is 0 Å². The second kappa shape index (κ2) is 3.86. The Balaban J connectivity index is 2.28. The highest BCUT2D eigenvalue weighted by Crippen LogP contribution is 2.24. The van der Waals surface area contributed by atoms with Gasteiger partial charge in [-0.15, -0.1) is 0 Å². The number of halogens is 1. The molecule has 0 unspecified atom stereocenters. The van der Waals surface area contributed by atoms with Gasteiger partial charge in [-0.2, -0.15) is 0 Å². The molecule has 0 saturated carbocycles. The molecule has 84 valence electrons. The Morgan fingerprint density at radius 2 is 2.06 bits per heavy atom. The van der Waals surface area contributed by atoms with Crippen LogP contribution >= 0.6 is 11.6 Å². The molecule has 0 fully saturated rings. The topological polar surface area (TPSA) is 30.2 Å². The van der Waals surface area contributed by atoms with Crippen molar-refractivity contribution in [1.29, 1.82) is 0 Å². The SMILES string of the molecule is Cc1ccccc1-c1cc2nccn2c(Cl)n1. The lowest BCUT2D eigenvalue weighted by Gasteiger charge is -2.06. The molecule has 3 nitrogen and oxygen atoms in total. The maximum Gasteiger partial charge on any atom is 0.209 e.